The molecular formula is C16H21N3O. The SMILES string of the molecule is Nc1ccc(NCC2CCCC2CO)c2cccnc12. The second kappa shape index (κ2) is 5.67. The third-order valence-electron chi connectivity index (χ3n) is 4.41. The summed E-state index contributed by atoms with van der Waals surface area (Å²) in [5, 5.41) is 14.0. The van der Waals surface area contributed by atoms with Crippen LogP contribution in [-0.4, -0.2) is 23.2 Å². The van der Waals surface area contributed by atoms with Crippen molar-refractivity contribution >= 4 is 22.3 Å². The number of aliphatic hydroxyl groups excluding tert-OH is 1. The van der Waals surface area contributed by atoms with Gasteiger partial charge in [-0.15, -0.1) is 0 Å². The molecule has 1 aromatic carbocycles. The van der Waals surface area contributed by atoms with Crippen molar-refractivity contribution in [3.05, 3.63) is 30.5 Å². The van der Waals surface area contributed by atoms with Crippen LogP contribution >= 0.6 is 0 Å². The molecule has 0 spiro atoms. The van der Waals surface area contributed by atoms with Gasteiger partial charge in [-0.25, -0.2) is 0 Å². The Hall–Kier alpha value is -1.81. The number of hydrogen-bond donors (Lipinski definition) is 3. The van der Waals surface area contributed by atoms with Crippen LogP contribution in [0.5, 0.6) is 0 Å². The summed E-state index contributed by atoms with van der Waals surface area (Å²) in [5.74, 6) is 1.00. The summed E-state index contributed by atoms with van der Waals surface area (Å²) < 4.78 is 0. The second-order valence-corrected chi connectivity index (χ2v) is 5.62. The Kier molecular flexibility index (Phi) is 3.74. The van der Waals surface area contributed by atoms with Crippen molar-refractivity contribution in [2.45, 2.75) is 19.3 Å². The lowest BCUT2D eigenvalue weighted by atomic mass is 9.97. The lowest BCUT2D eigenvalue weighted by molar-refractivity contribution is 0.199. The second-order valence-electron chi connectivity index (χ2n) is 5.62. The van der Waals surface area contributed by atoms with E-state index in [-0.39, 0.29) is 0 Å². The third kappa shape index (κ3) is 2.43. The number of nitrogens with one attached hydrogen (secondary N) is 1. The number of rotatable bonds is 4. The van der Waals surface area contributed by atoms with Gasteiger partial charge in [0, 0.05) is 30.4 Å². The van der Waals surface area contributed by atoms with Crippen molar-refractivity contribution < 1.29 is 5.11 Å². The van der Waals surface area contributed by atoms with Crippen molar-refractivity contribution in [2.24, 2.45) is 11.8 Å². The van der Waals surface area contributed by atoms with E-state index in [9.17, 15) is 5.11 Å². The van der Waals surface area contributed by atoms with Crippen LogP contribution in [0.4, 0.5) is 11.4 Å². The molecule has 0 saturated heterocycles. The van der Waals surface area contributed by atoms with Gasteiger partial charge in [0.2, 0.25) is 0 Å². The highest BCUT2D eigenvalue weighted by Gasteiger charge is 2.26. The molecule has 2 unspecified atom stereocenters. The van der Waals surface area contributed by atoms with E-state index in [2.05, 4.69) is 10.3 Å². The van der Waals surface area contributed by atoms with Crippen LogP contribution < -0.4 is 11.1 Å². The molecule has 2 atom stereocenters. The van der Waals surface area contributed by atoms with Crippen LogP contribution in [0.15, 0.2) is 30.5 Å². The Morgan fingerprint density at radius 3 is 2.95 bits per heavy atom. The minimum atomic E-state index is 0.302. The topological polar surface area (TPSA) is 71.2 Å². The van der Waals surface area contributed by atoms with Crippen LogP contribution in [-0.2, 0) is 0 Å². The average Bonchev–Trinajstić information content (AvgIpc) is 2.94. The first-order chi connectivity index (χ1) is 9.79. The zero-order valence-corrected chi connectivity index (χ0v) is 11.5. The Labute approximate surface area is 119 Å². The molecular weight excluding hydrogens is 250 g/mol. The minimum Gasteiger partial charge on any atom is -0.397 e. The van der Waals surface area contributed by atoms with E-state index in [1.807, 2.05) is 24.3 Å². The smallest absolute Gasteiger partial charge is 0.0951 e. The van der Waals surface area contributed by atoms with E-state index in [0.717, 1.165) is 29.6 Å². The molecule has 1 fully saturated rings. The zero-order chi connectivity index (χ0) is 13.9. The van der Waals surface area contributed by atoms with E-state index in [4.69, 9.17) is 5.73 Å². The summed E-state index contributed by atoms with van der Waals surface area (Å²) in [6.07, 6.45) is 5.33. The largest absolute Gasteiger partial charge is 0.397 e. The Bertz CT molecular complexity index is 599. The Balaban J connectivity index is 1.79. The molecule has 0 aliphatic heterocycles. The number of anilines is 2. The summed E-state index contributed by atoms with van der Waals surface area (Å²) in [5.41, 5.74) is 8.60. The van der Waals surface area contributed by atoms with Gasteiger partial charge in [-0.2, -0.15) is 0 Å². The lowest BCUT2D eigenvalue weighted by Crippen LogP contribution is -2.20. The molecule has 106 valence electrons. The summed E-state index contributed by atoms with van der Waals surface area (Å²) in [6.45, 7) is 1.20. The molecule has 1 aliphatic carbocycles. The van der Waals surface area contributed by atoms with E-state index < -0.39 is 0 Å². The predicted octanol–water partition coefficient (Wildman–Crippen LogP) is 2.64. The number of nitrogens with two attached hydrogens (primary N) is 1. The highest BCUT2D eigenvalue weighted by Crippen LogP contribution is 2.32. The number of nitrogen functional groups attached to an aromatic ring is 1. The molecule has 0 radical (unpaired) electrons. The first kappa shape index (κ1) is 13.2. The maximum atomic E-state index is 9.39. The summed E-state index contributed by atoms with van der Waals surface area (Å²) in [4.78, 5) is 4.35. The molecule has 1 aromatic heterocycles. The lowest BCUT2D eigenvalue weighted by Gasteiger charge is -2.19. The number of hydrogen-bond acceptors (Lipinski definition) is 4. The molecule has 2 aromatic rings. The normalized spacial score (nSPS) is 22.2. The fourth-order valence-electron chi connectivity index (χ4n) is 3.21. The van der Waals surface area contributed by atoms with Gasteiger partial charge in [0.15, 0.2) is 0 Å². The van der Waals surface area contributed by atoms with Gasteiger partial charge >= 0.3 is 0 Å². The number of pyridine rings is 1. The van der Waals surface area contributed by atoms with Crippen molar-refractivity contribution in [2.75, 3.05) is 24.2 Å². The van der Waals surface area contributed by atoms with Crippen molar-refractivity contribution in [1.82, 2.24) is 4.98 Å². The van der Waals surface area contributed by atoms with E-state index in [1.54, 1.807) is 6.20 Å². The molecule has 4 nitrogen and oxygen atoms in total. The first-order valence-electron chi connectivity index (χ1n) is 7.27. The maximum absolute atomic E-state index is 9.39. The Morgan fingerprint density at radius 1 is 1.25 bits per heavy atom. The standard InChI is InChI=1S/C16H21N3O/c17-14-6-7-15(13-5-2-8-18-16(13)14)19-9-11-3-1-4-12(11)10-20/h2,5-8,11-12,19-20H,1,3-4,9-10,17H2. The molecule has 1 heterocycles. The number of aromatic nitrogens is 1. The van der Waals surface area contributed by atoms with Crippen molar-refractivity contribution in [3.8, 4) is 0 Å². The number of fused-ring (bicyclic) bond motifs is 1. The fourth-order valence-corrected chi connectivity index (χ4v) is 3.21. The molecule has 1 saturated carbocycles. The van der Waals surface area contributed by atoms with E-state index in [0.29, 0.717) is 24.1 Å². The minimum absolute atomic E-state index is 0.302. The predicted molar refractivity (Wildman–Crippen MR) is 82.6 cm³/mol. The number of benzene rings is 1. The first-order valence-corrected chi connectivity index (χ1v) is 7.27. The molecule has 20 heavy (non-hydrogen) atoms. The van der Waals surface area contributed by atoms with E-state index >= 15 is 0 Å². The van der Waals surface area contributed by atoms with Crippen LogP contribution in [0.25, 0.3) is 10.9 Å². The van der Waals surface area contributed by atoms with Gasteiger partial charge in [0.05, 0.1) is 11.2 Å². The van der Waals surface area contributed by atoms with Gasteiger partial charge in [-0.1, -0.05) is 6.42 Å². The monoisotopic (exact) mass is 271 g/mol. The Morgan fingerprint density at radius 2 is 2.10 bits per heavy atom. The summed E-state index contributed by atoms with van der Waals surface area (Å²) in [7, 11) is 0. The maximum Gasteiger partial charge on any atom is 0.0951 e. The number of aliphatic hydroxyl groups is 1. The van der Waals surface area contributed by atoms with Crippen molar-refractivity contribution in [3.63, 3.8) is 0 Å². The molecule has 3 rings (SSSR count). The zero-order valence-electron chi connectivity index (χ0n) is 11.5. The molecule has 0 amide bonds. The van der Waals surface area contributed by atoms with Crippen LogP contribution in [0.2, 0.25) is 0 Å². The third-order valence-corrected chi connectivity index (χ3v) is 4.41. The quantitative estimate of drug-likeness (QED) is 0.748. The van der Waals surface area contributed by atoms with Gasteiger partial charge in [-0.3, -0.25) is 4.98 Å². The molecule has 0 bridgehead atoms. The van der Waals surface area contributed by atoms with Crippen LogP contribution in [0, 0.1) is 11.8 Å². The average molecular weight is 271 g/mol. The summed E-state index contributed by atoms with van der Waals surface area (Å²) in [6, 6.07) is 7.89. The van der Waals surface area contributed by atoms with Gasteiger partial charge in [0.1, 0.15) is 0 Å². The summed E-state index contributed by atoms with van der Waals surface area (Å²) >= 11 is 0. The molecule has 1 aliphatic rings. The van der Waals surface area contributed by atoms with Gasteiger partial charge < -0.3 is 16.2 Å². The van der Waals surface area contributed by atoms with Gasteiger partial charge in [0.25, 0.3) is 0 Å². The van der Waals surface area contributed by atoms with Crippen LogP contribution in [0.3, 0.4) is 0 Å². The molecule has 4 heteroatoms. The van der Waals surface area contributed by atoms with Crippen LogP contribution in [0.1, 0.15) is 19.3 Å². The van der Waals surface area contributed by atoms with Gasteiger partial charge in [-0.05, 0) is 48.9 Å². The fraction of sp³-hybridized carbons (Fsp3) is 0.438. The highest BCUT2D eigenvalue weighted by molar-refractivity contribution is 5.98. The highest BCUT2D eigenvalue weighted by atomic mass is 16.3. The molecule has 4 N–H and O–H groups in total. The van der Waals surface area contributed by atoms with Crippen molar-refractivity contribution in [1.29, 1.82) is 0 Å². The van der Waals surface area contributed by atoms with E-state index in [1.165, 1.54) is 12.8 Å². The number of nitrogens with zero attached hydrogens (tertiary/aromatic N) is 1.